The molecule has 0 saturated heterocycles. The molecule has 15 heavy (non-hydrogen) atoms. The van der Waals surface area contributed by atoms with Gasteiger partial charge in [0.15, 0.2) is 0 Å². The van der Waals surface area contributed by atoms with E-state index >= 15 is 0 Å². The molecule has 4 nitrogen and oxygen atoms in total. The maximum atomic E-state index is 5.50. The quantitative estimate of drug-likeness (QED) is 0.793. The van der Waals surface area contributed by atoms with E-state index in [9.17, 15) is 0 Å². The number of hydrogen-bond donors (Lipinski definition) is 2. The molecule has 1 aromatic heterocycles. The first-order valence-corrected chi connectivity index (χ1v) is 5.56. The molecule has 2 unspecified atom stereocenters. The Morgan fingerprint density at radius 2 is 2.40 bits per heavy atom. The second-order valence-electron chi connectivity index (χ2n) is 4.47. The zero-order chi connectivity index (χ0) is 10.7. The molecule has 3 N–H and O–H groups in total. The van der Waals surface area contributed by atoms with Crippen LogP contribution in [0, 0.1) is 11.8 Å². The number of rotatable bonds is 3. The fraction of sp³-hybridized carbons (Fsp3) is 0.636. The first kappa shape index (κ1) is 10.2. The van der Waals surface area contributed by atoms with E-state index in [2.05, 4.69) is 22.2 Å². The van der Waals surface area contributed by atoms with E-state index < -0.39 is 0 Å². The number of nitrogen functional groups attached to an aromatic ring is 1. The predicted molar refractivity (Wildman–Crippen MR) is 61.4 cm³/mol. The Labute approximate surface area is 90.3 Å². The summed E-state index contributed by atoms with van der Waals surface area (Å²) in [6, 6.07) is 1.86. The Morgan fingerprint density at radius 1 is 1.53 bits per heavy atom. The smallest absolute Gasteiger partial charge is 0.221 e. The van der Waals surface area contributed by atoms with Crippen LogP contribution in [0.4, 0.5) is 11.8 Å². The maximum absolute atomic E-state index is 5.50. The number of nitrogens with two attached hydrogens (primary N) is 1. The normalized spacial score (nSPS) is 25.4. The zero-order valence-corrected chi connectivity index (χ0v) is 9.11. The standard InChI is InChI=1S/C11H18N4/c1-8-2-3-9(6-8)7-14-10-4-5-13-11(12)15-10/h4-5,8-9H,2-3,6-7H2,1H3,(H3,12,13,14,15). The molecular weight excluding hydrogens is 188 g/mol. The number of hydrogen-bond acceptors (Lipinski definition) is 4. The largest absolute Gasteiger partial charge is 0.370 e. The highest BCUT2D eigenvalue weighted by Gasteiger charge is 2.20. The minimum Gasteiger partial charge on any atom is -0.370 e. The van der Waals surface area contributed by atoms with E-state index in [1.165, 1.54) is 19.3 Å². The van der Waals surface area contributed by atoms with E-state index in [4.69, 9.17) is 5.73 Å². The number of aromatic nitrogens is 2. The molecule has 2 rings (SSSR count). The van der Waals surface area contributed by atoms with Gasteiger partial charge in [0.1, 0.15) is 5.82 Å². The topological polar surface area (TPSA) is 63.8 Å². The van der Waals surface area contributed by atoms with Crippen molar-refractivity contribution in [3.63, 3.8) is 0 Å². The molecule has 0 aliphatic heterocycles. The highest BCUT2D eigenvalue weighted by molar-refractivity contribution is 5.37. The van der Waals surface area contributed by atoms with Gasteiger partial charge >= 0.3 is 0 Å². The molecule has 0 spiro atoms. The van der Waals surface area contributed by atoms with Crippen LogP contribution in [0.5, 0.6) is 0 Å². The van der Waals surface area contributed by atoms with Crippen molar-refractivity contribution >= 4 is 11.8 Å². The Balaban J connectivity index is 1.83. The second-order valence-corrected chi connectivity index (χ2v) is 4.47. The van der Waals surface area contributed by atoms with Crippen LogP contribution in [-0.2, 0) is 0 Å². The van der Waals surface area contributed by atoms with Gasteiger partial charge in [-0.3, -0.25) is 0 Å². The van der Waals surface area contributed by atoms with Gasteiger partial charge in [-0.05, 0) is 30.7 Å². The van der Waals surface area contributed by atoms with Gasteiger partial charge in [-0.15, -0.1) is 0 Å². The molecular formula is C11H18N4. The number of anilines is 2. The number of nitrogens with zero attached hydrogens (tertiary/aromatic N) is 2. The van der Waals surface area contributed by atoms with E-state index in [-0.39, 0.29) is 0 Å². The molecule has 2 atom stereocenters. The molecule has 0 aromatic carbocycles. The van der Waals surface area contributed by atoms with Crippen molar-refractivity contribution in [1.29, 1.82) is 0 Å². The summed E-state index contributed by atoms with van der Waals surface area (Å²) < 4.78 is 0. The van der Waals surface area contributed by atoms with E-state index in [1.54, 1.807) is 6.20 Å². The average molecular weight is 206 g/mol. The van der Waals surface area contributed by atoms with Crippen molar-refractivity contribution in [2.75, 3.05) is 17.6 Å². The Bertz CT molecular complexity index is 326. The third kappa shape index (κ3) is 2.81. The molecule has 1 saturated carbocycles. The summed E-state index contributed by atoms with van der Waals surface area (Å²) in [6.07, 6.45) is 5.70. The Morgan fingerprint density at radius 3 is 3.07 bits per heavy atom. The highest BCUT2D eigenvalue weighted by atomic mass is 15.1. The third-order valence-corrected chi connectivity index (χ3v) is 3.05. The zero-order valence-electron chi connectivity index (χ0n) is 9.11. The average Bonchev–Trinajstić information content (AvgIpc) is 2.62. The summed E-state index contributed by atoms with van der Waals surface area (Å²) in [4.78, 5) is 7.97. The lowest BCUT2D eigenvalue weighted by molar-refractivity contribution is 0.536. The lowest BCUT2D eigenvalue weighted by atomic mass is 10.1. The van der Waals surface area contributed by atoms with Crippen molar-refractivity contribution in [1.82, 2.24) is 9.97 Å². The molecule has 4 heteroatoms. The molecule has 82 valence electrons. The summed E-state index contributed by atoms with van der Waals surface area (Å²) in [6.45, 7) is 3.32. The first-order chi connectivity index (χ1) is 7.24. The van der Waals surface area contributed by atoms with Crippen LogP contribution in [0.15, 0.2) is 12.3 Å². The van der Waals surface area contributed by atoms with Crippen LogP contribution >= 0.6 is 0 Å². The lowest BCUT2D eigenvalue weighted by Gasteiger charge is -2.11. The van der Waals surface area contributed by atoms with Crippen LogP contribution in [0.25, 0.3) is 0 Å². The van der Waals surface area contributed by atoms with Crippen LogP contribution < -0.4 is 11.1 Å². The second kappa shape index (κ2) is 4.47. The van der Waals surface area contributed by atoms with Gasteiger partial charge in [-0.25, -0.2) is 4.98 Å². The van der Waals surface area contributed by atoms with Gasteiger partial charge in [0, 0.05) is 12.7 Å². The van der Waals surface area contributed by atoms with Gasteiger partial charge in [0.25, 0.3) is 0 Å². The minimum absolute atomic E-state index is 0.333. The third-order valence-electron chi connectivity index (χ3n) is 3.05. The monoisotopic (exact) mass is 206 g/mol. The minimum atomic E-state index is 0.333. The molecule has 0 bridgehead atoms. The highest BCUT2D eigenvalue weighted by Crippen LogP contribution is 2.30. The van der Waals surface area contributed by atoms with Crippen molar-refractivity contribution in [3.05, 3.63) is 12.3 Å². The summed E-state index contributed by atoms with van der Waals surface area (Å²) in [5, 5.41) is 3.32. The molecule has 1 fully saturated rings. The predicted octanol–water partition coefficient (Wildman–Crippen LogP) is 1.91. The van der Waals surface area contributed by atoms with Crippen LogP contribution in [0.3, 0.4) is 0 Å². The van der Waals surface area contributed by atoms with Gasteiger partial charge in [-0.1, -0.05) is 13.3 Å². The van der Waals surface area contributed by atoms with Crippen molar-refractivity contribution in [2.45, 2.75) is 26.2 Å². The fourth-order valence-corrected chi connectivity index (χ4v) is 2.23. The van der Waals surface area contributed by atoms with Crippen molar-refractivity contribution < 1.29 is 0 Å². The van der Waals surface area contributed by atoms with E-state index in [1.807, 2.05) is 6.07 Å². The molecule has 1 aromatic rings. The van der Waals surface area contributed by atoms with Gasteiger partial charge < -0.3 is 11.1 Å². The van der Waals surface area contributed by atoms with E-state index in [0.29, 0.717) is 5.95 Å². The van der Waals surface area contributed by atoms with E-state index in [0.717, 1.165) is 24.2 Å². The van der Waals surface area contributed by atoms with Gasteiger partial charge in [-0.2, -0.15) is 4.98 Å². The van der Waals surface area contributed by atoms with Crippen LogP contribution in [0.2, 0.25) is 0 Å². The van der Waals surface area contributed by atoms with Gasteiger partial charge in [0.05, 0.1) is 0 Å². The fourth-order valence-electron chi connectivity index (χ4n) is 2.23. The maximum Gasteiger partial charge on any atom is 0.221 e. The molecule has 0 amide bonds. The SMILES string of the molecule is CC1CCC(CNc2ccnc(N)n2)C1. The van der Waals surface area contributed by atoms with Crippen LogP contribution in [0.1, 0.15) is 26.2 Å². The Hall–Kier alpha value is -1.32. The summed E-state index contributed by atoms with van der Waals surface area (Å²) in [5.74, 6) is 2.84. The van der Waals surface area contributed by atoms with Crippen molar-refractivity contribution in [2.24, 2.45) is 11.8 Å². The summed E-state index contributed by atoms with van der Waals surface area (Å²) >= 11 is 0. The lowest BCUT2D eigenvalue weighted by Crippen LogP contribution is -2.13. The summed E-state index contributed by atoms with van der Waals surface area (Å²) in [5.41, 5.74) is 5.50. The first-order valence-electron chi connectivity index (χ1n) is 5.56. The molecule has 1 aliphatic rings. The molecule has 1 aliphatic carbocycles. The van der Waals surface area contributed by atoms with Crippen LogP contribution in [-0.4, -0.2) is 16.5 Å². The summed E-state index contributed by atoms with van der Waals surface area (Å²) in [7, 11) is 0. The van der Waals surface area contributed by atoms with Gasteiger partial charge in [0.2, 0.25) is 5.95 Å². The molecule has 1 heterocycles. The van der Waals surface area contributed by atoms with Crippen molar-refractivity contribution in [3.8, 4) is 0 Å². The Kier molecular flexibility index (Phi) is 3.04. The number of nitrogens with one attached hydrogen (secondary N) is 1. The molecule has 0 radical (unpaired) electrons.